The second-order valence-corrected chi connectivity index (χ2v) is 7.95. The lowest BCUT2D eigenvalue weighted by atomic mass is 9.89. The van der Waals surface area contributed by atoms with Gasteiger partial charge in [0.25, 0.3) is 5.91 Å². The zero-order valence-corrected chi connectivity index (χ0v) is 16.4. The maximum Gasteiger partial charge on any atom is 0.256 e. The largest absolute Gasteiger partial charge is 0.311 e. The minimum atomic E-state index is -0.522. The van der Waals surface area contributed by atoms with Gasteiger partial charge in [-0.1, -0.05) is 77.9 Å². The monoisotopic (exact) mass is 368 g/mol. The highest BCUT2D eigenvalue weighted by Gasteiger charge is 2.57. The molecule has 140 valence electrons. The molecular formula is C25H24N2O. The summed E-state index contributed by atoms with van der Waals surface area (Å²) in [6.45, 7) is 6.63. The molecule has 0 spiro atoms. The first-order valence-corrected chi connectivity index (χ1v) is 9.90. The Kier molecular flexibility index (Phi) is 3.88. The molecule has 2 heterocycles. The third-order valence-electron chi connectivity index (χ3n) is 6.17. The third-order valence-corrected chi connectivity index (χ3v) is 6.17. The number of aryl methyl sites for hydroxylation is 2. The molecule has 28 heavy (non-hydrogen) atoms. The number of carbonyl (C=O) groups excluding carboxylic acids is 1. The van der Waals surface area contributed by atoms with Crippen LogP contribution in [-0.4, -0.2) is 28.8 Å². The predicted molar refractivity (Wildman–Crippen MR) is 111 cm³/mol. The lowest BCUT2D eigenvalue weighted by Crippen LogP contribution is -2.48. The van der Waals surface area contributed by atoms with Crippen LogP contribution in [0, 0.1) is 13.8 Å². The van der Waals surface area contributed by atoms with E-state index in [0.29, 0.717) is 0 Å². The number of nitrogens with zero attached hydrogens (tertiary/aromatic N) is 2. The smallest absolute Gasteiger partial charge is 0.256 e. The van der Waals surface area contributed by atoms with E-state index in [4.69, 9.17) is 0 Å². The molecule has 0 aromatic heterocycles. The number of hydrogen-bond donors (Lipinski definition) is 0. The van der Waals surface area contributed by atoms with E-state index in [1.165, 1.54) is 22.3 Å². The summed E-state index contributed by atoms with van der Waals surface area (Å²) in [5.74, 6) is 0.141. The molecule has 2 aliphatic heterocycles. The van der Waals surface area contributed by atoms with E-state index in [-0.39, 0.29) is 5.91 Å². The van der Waals surface area contributed by atoms with Crippen LogP contribution in [0.3, 0.4) is 0 Å². The van der Waals surface area contributed by atoms with E-state index in [9.17, 15) is 4.79 Å². The van der Waals surface area contributed by atoms with E-state index in [2.05, 4.69) is 78.2 Å². The van der Waals surface area contributed by atoms with Gasteiger partial charge >= 0.3 is 0 Å². The lowest BCUT2D eigenvalue weighted by molar-refractivity contribution is 0.0429. The lowest BCUT2D eigenvalue weighted by Gasteiger charge is -2.40. The standard InChI is InChI=1S/C25H24N2O/c1-18-7-11-20(12-8-18)17-26-15-16-27-24(28)22-5-3-4-6-23(22)25(26,27)21-13-9-19(2)10-14-21/h3-14H,15-17H2,1-2H3. The van der Waals surface area contributed by atoms with Crippen molar-refractivity contribution in [3.8, 4) is 0 Å². The summed E-state index contributed by atoms with van der Waals surface area (Å²) in [7, 11) is 0. The molecule has 1 atom stereocenters. The molecule has 0 bridgehead atoms. The average molecular weight is 368 g/mol. The minimum absolute atomic E-state index is 0.141. The molecule has 3 heteroatoms. The number of amides is 1. The summed E-state index contributed by atoms with van der Waals surface area (Å²) in [6.07, 6.45) is 0. The zero-order chi connectivity index (χ0) is 19.3. The fourth-order valence-electron chi connectivity index (χ4n) is 4.79. The Morgan fingerprint density at radius 3 is 2.18 bits per heavy atom. The first kappa shape index (κ1) is 17.2. The first-order valence-electron chi connectivity index (χ1n) is 9.90. The Labute approximate surface area is 166 Å². The van der Waals surface area contributed by atoms with Crippen LogP contribution in [-0.2, 0) is 12.2 Å². The molecule has 0 N–H and O–H groups in total. The van der Waals surface area contributed by atoms with Gasteiger partial charge in [-0.05, 0) is 31.0 Å². The summed E-state index contributed by atoms with van der Waals surface area (Å²) >= 11 is 0. The fraction of sp³-hybridized carbons (Fsp3) is 0.240. The summed E-state index contributed by atoms with van der Waals surface area (Å²) in [5, 5.41) is 0. The molecule has 5 rings (SSSR count). The Hall–Kier alpha value is -2.91. The van der Waals surface area contributed by atoms with Gasteiger partial charge in [-0.25, -0.2) is 0 Å². The quantitative estimate of drug-likeness (QED) is 0.681. The SMILES string of the molecule is Cc1ccc(CN2CCN3C(=O)c4ccccc4C23c2ccc(C)cc2)cc1. The Bertz CT molecular complexity index is 1040. The van der Waals surface area contributed by atoms with E-state index in [0.717, 1.165) is 30.8 Å². The molecule has 1 amide bonds. The molecule has 1 saturated heterocycles. The molecule has 2 aliphatic rings. The molecule has 3 aromatic carbocycles. The van der Waals surface area contributed by atoms with Crippen LogP contribution in [0.2, 0.25) is 0 Å². The van der Waals surface area contributed by atoms with E-state index < -0.39 is 5.66 Å². The topological polar surface area (TPSA) is 23.6 Å². The minimum Gasteiger partial charge on any atom is -0.311 e. The maximum atomic E-state index is 13.3. The predicted octanol–water partition coefficient (Wildman–Crippen LogP) is 4.48. The average Bonchev–Trinajstić information content (AvgIpc) is 3.20. The highest BCUT2D eigenvalue weighted by Crippen LogP contribution is 2.50. The van der Waals surface area contributed by atoms with E-state index >= 15 is 0 Å². The number of carbonyl (C=O) groups is 1. The number of fused-ring (bicyclic) bond motifs is 3. The first-order chi connectivity index (χ1) is 13.6. The highest BCUT2D eigenvalue weighted by molar-refractivity contribution is 6.01. The molecule has 0 radical (unpaired) electrons. The summed E-state index contributed by atoms with van der Waals surface area (Å²) in [4.78, 5) is 17.8. The molecule has 0 aliphatic carbocycles. The number of benzene rings is 3. The van der Waals surface area contributed by atoms with E-state index in [1.54, 1.807) is 0 Å². The normalized spacial score (nSPS) is 21.1. The van der Waals surface area contributed by atoms with Crippen molar-refractivity contribution in [2.75, 3.05) is 13.1 Å². The van der Waals surface area contributed by atoms with Crippen LogP contribution >= 0.6 is 0 Å². The van der Waals surface area contributed by atoms with Crippen molar-refractivity contribution in [1.29, 1.82) is 0 Å². The number of rotatable bonds is 3. The maximum absolute atomic E-state index is 13.3. The van der Waals surface area contributed by atoms with Crippen molar-refractivity contribution in [2.45, 2.75) is 26.1 Å². The van der Waals surface area contributed by atoms with Gasteiger partial charge in [-0.15, -0.1) is 0 Å². The van der Waals surface area contributed by atoms with Crippen LogP contribution in [0.1, 0.15) is 38.2 Å². The second kappa shape index (κ2) is 6.32. The number of hydrogen-bond acceptors (Lipinski definition) is 2. The molecule has 1 unspecified atom stereocenters. The molecule has 0 saturated carbocycles. The third kappa shape index (κ3) is 2.36. The van der Waals surface area contributed by atoms with Gasteiger partial charge < -0.3 is 4.90 Å². The van der Waals surface area contributed by atoms with Crippen LogP contribution in [0.5, 0.6) is 0 Å². The van der Waals surface area contributed by atoms with Crippen molar-refractivity contribution in [3.63, 3.8) is 0 Å². The molecule has 3 nitrogen and oxygen atoms in total. The molecule has 1 fully saturated rings. The van der Waals surface area contributed by atoms with Crippen molar-refractivity contribution in [3.05, 3.63) is 106 Å². The van der Waals surface area contributed by atoms with Crippen molar-refractivity contribution in [1.82, 2.24) is 9.80 Å². The van der Waals surface area contributed by atoms with Gasteiger partial charge in [0.2, 0.25) is 0 Å². The van der Waals surface area contributed by atoms with E-state index in [1.807, 2.05) is 18.2 Å². The fourth-order valence-corrected chi connectivity index (χ4v) is 4.79. The van der Waals surface area contributed by atoms with Gasteiger partial charge in [-0.3, -0.25) is 9.69 Å². The van der Waals surface area contributed by atoms with Crippen molar-refractivity contribution >= 4 is 5.91 Å². The van der Waals surface area contributed by atoms with Crippen molar-refractivity contribution < 1.29 is 4.79 Å². The summed E-state index contributed by atoms with van der Waals surface area (Å²) in [6, 6.07) is 25.5. The van der Waals surface area contributed by atoms with Gasteiger partial charge in [-0.2, -0.15) is 0 Å². The summed E-state index contributed by atoms with van der Waals surface area (Å²) in [5.41, 5.74) is 6.35. The molecular weight excluding hydrogens is 344 g/mol. The Morgan fingerprint density at radius 2 is 1.46 bits per heavy atom. The van der Waals surface area contributed by atoms with Gasteiger partial charge in [0.1, 0.15) is 5.66 Å². The molecule has 3 aromatic rings. The van der Waals surface area contributed by atoms with Gasteiger partial charge in [0.15, 0.2) is 0 Å². The van der Waals surface area contributed by atoms with Crippen LogP contribution in [0.25, 0.3) is 0 Å². The van der Waals surface area contributed by atoms with Crippen LogP contribution < -0.4 is 0 Å². The Morgan fingerprint density at radius 1 is 0.821 bits per heavy atom. The van der Waals surface area contributed by atoms with Gasteiger partial charge in [0, 0.05) is 30.8 Å². The van der Waals surface area contributed by atoms with Crippen LogP contribution in [0.4, 0.5) is 0 Å². The van der Waals surface area contributed by atoms with Crippen LogP contribution in [0.15, 0.2) is 72.8 Å². The van der Waals surface area contributed by atoms with Gasteiger partial charge in [0.05, 0.1) is 0 Å². The summed E-state index contributed by atoms with van der Waals surface area (Å²) < 4.78 is 0. The zero-order valence-electron chi connectivity index (χ0n) is 16.4. The Balaban J connectivity index is 1.69. The van der Waals surface area contributed by atoms with Crippen molar-refractivity contribution in [2.24, 2.45) is 0 Å². The highest BCUT2D eigenvalue weighted by atomic mass is 16.2. The second-order valence-electron chi connectivity index (χ2n) is 7.95.